The molecule has 5 heteroatoms. The predicted octanol–water partition coefficient (Wildman–Crippen LogP) is 13.8. The number of benzene rings is 9. The van der Waals surface area contributed by atoms with Crippen molar-refractivity contribution in [1.29, 1.82) is 0 Å². The lowest BCUT2D eigenvalue weighted by Crippen LogP contribution is -2.00. The third-order valence-corrected chi connectivity index (χ3v) is 11.4. The van der Waals surface area contributed by atoms with Crippen molar-refractivity contribution < 1.29 is 4.42 Å². The minimum Gasteiger partial charge on any atom is -0.456 e. The standard InChI is InChI=1S/C53H32N4O/c1-4-15-33(16-5-1)42-32-45-50(40-24-13-12-23-39(40)42)49-38-22-11-10-17-34(38)27-29-44(49)57(45)37-28-30-46-43(31-37)48-41(25-14-26-47(48)58-46)53-55-51(35-18-6-2-7-19-35)54-52(56-53)36-20-8-3-9-21-36/h1-32H. The normalized spacial score (nSPS) is 11.8. The Labute approximate surface area is 333 Å². The molecule has 3 heterocycles. The quantitative estimate of drug-likeness (QED) is 0.176. The number of hydrogen-bond donors (Lipinski definition) is 0. The number of aromatic nitrogens is 4. The maximum absolute atomic E-state index is 6.60. The van der Waals surface area contributed by atoms with Crippen LogP contribution in [0.25, 0.3) is 116 Å². The van der Waals surface area contributed by atoms with Gasteiger partial charge in [0.2, 0.25) is 0 Å². The van der Waals surface area contributed by atoms with E-state index in [0.717, 1.165) is 55.3 Å². The molecular weight excluding hydrogens is 709 g/mol. The lowest BCUT2D eigenvalue weighted by molar-refractivity contribution is 0.669. The molecule has 3 aromatic heterocycles. The summed E-state index contributed by atoms with van der Waals surface area (Å²) in [6.07, 6.45) is 0. The zero-order valence-electron chi connectivity index (χ0n) is 31.2. The molecule has 0 radical (unpaired) electrons. The molecule has 0 aliphatic heterocycles. The van der Waals surface area contributed by atoms with Crippen molar-refractivity contribution in [2.24, 2.45) is 0 Å². The molecule has 0 aliphatic carbocycles. The van der Waals surface area contributed by atoms with Crippen LogP contribution in [0.2, 0.25) is 0 Å². The van der Waals surface area contributed by atoms with Gasteiger partial charge in [-0.2, -0.15) is 0 Å². The van der Waals surface area contributed by atoms with E-state index in [9.17, 15) is 0 Å². The fourth-order valence-electron chi connectivity index (χ4n) is 8.84. The Morgan fingerprint density at radius 2 is 0.948 bits per heavy atom. The van der Waals surface area contributed by atoms with E-state index in [1.807, 2.05) is 72.8 Å². The summed E-state index contributed by atoms with van der Waals surface area (Å²) < 4.78 is 9.03. The second-order valence-electron chi connectivity index (χ2n) is 14.7. The highest BCUT2D eigenvalue weighted by atomic mass is 16.3. The van der Waals surface area contributed by atoms with Gasteiger partial charge in [0, 0.05) is 43.9 Å². The molecule has 12 aromatic rings. The second-order valence-corrected chi connectivity index (χ2v) is 14.7. The molecule has 5 nitrogen and oxygen atoms in total. The van der Waals surface area contributed by atoms with Crippen LogP contribution in [0.3, 0.4) is 0 Å². The average Bonchev–Trinajstić information content (AvgIpc) is 3.85. The number of furan rings is 1. The second kappa shape index (κ2) is 12.8. The zero-order valence-corrected chi connectivity index (χ0v) is 31.2. The first-order valence-corrected chi connectivity index (χ1v) is 19.5. The highest BCUT2D eigenvalue weighted by molar-refractivity contribution is 6.30. The molecule has 0 fully saturated rings. The van der Waals surface area contributed by atoms with E-state index in [-0.39, 0.29) is 0 Å². The van der Waals surface area contributed by atoms with Gasteiger partial charge < -0.3 is 8.98 Å². The number of fused-ring (bicyclic) bond motifs is 10. The molecule has 12 rings (SSSR count). The molecule has 58 heavy (non-hydrogen) atoms. The van der Waals surface area contributed by atoms with E-state index in [1.54, 1.807) is 0 Å². The van der Waals surface area contributed by atoms with Crippen LogP contribution >= 0.6 is 0 Å². The van der Waals surface area contributed by atoms with Gasteiger partial charge in [-0.05, 0) is 69.1 Å². The molecule has 0 amide bonds. The summed E-state index contributed by atoms with van der Waals surface area (Å²) in [7, 11) is 0. The smallest absolute Gasteiger partial charge is 0.164 e. The van der Waals surface area contributed by atoms with Crippen LogP contribution in [-0.4, -0.2) is 19.5 Å². The maximum atomic E-state index is 6.60. The SMILES string of the molecule is c1ccc(-c2nc(-c3ccccc3)nc(-c3cccc4oc5ccc(-n6c7ccc8ccccc8c7c7c8ccccc8c(-c8ccccc8)cc76)cc5c34)n2)cc1. The van der Waals surface area contributed by atoms with Crippen LogP contribution in [0.5, 0.6) is 0 Å². The molecule has 0 atom stereocenters. The first-order valence-electron chi connectivity index (χ1n) is 19.5. The van der Waals surface area contributed by atoms with Gasteiger partial charge in [0.05, 0.1) is 11.0 Å². The van der Waals surface area contributed by atoms with Crippen LogP contribution in [0.4, 0.5) is 0 Å². The van der Waals surface area contributed by atoms with E-state index in [0.29, 0.717) is 17.5 Å². The average molecular weight is 741 g/mol. The largest absolute Gasteiger partial charge is 0.456 e. The predicted molar refractivity (Wildman–Crippen MR) is 238 cm³/mol. The Balaban J connectivity index is 1.16. The van der Waals surface area contributed by atoms with E-state index >= 15 is 0 Å². The monoisotopic (exact) mass is 740 g/mol. The Kier molecular flexibility index (Phi) is 7.16. The van der Waals surface area contributed by atoms with Crippen LogP contribution in [-0.2, 0) is 0 Å². The van der Waals surface area contributed by atoms with Crippen molar-refractivity contribution in [2.75, 3.05) is 0 Å². The molecule has 0 saturated carbocycles. The molecule has 0 bridgehead atoms. The van der Waals surface area contributed by atoms with Crippen molar-refractivity contribution in [3.05, 3.63) is 194 Å². The summed E-state index contributed by atoms with van der Waals surface area (Å²) >= 11 is 0. The van der Waals surface area contributed by atoms with Gasteiger partial charge in [0.15, 0.2) is 17.5 Å². The fraction of sp³-hybridized carbons (Fsp3) is 0. The first kappa shape index (κ1) is 32.4. The summed E-state index contributed by atoms with van der Waals surface area (Å²) in [6, 6.07) is 68.1. The third kappa shape index (κ3) is 5.00. The zero-order chi connectivity index (χ0) is 38.2. The van der Waals surface area contributed by atoms with Gasteiger partial charge in [-0.25, -0.2) is 15.0 Å². The number of hydrogen-bond acceptors (Lipinski definition) is 4. The highest BCUT2D eigenvalue weighted by Crippen LogP contribution is 2.45. The van der Waals surface area contributed by atoms with Crippen LogP contribution in [0.1, 0.15) is 0 Å². The molecule has 0 N–H and O–H groups in total. The summed E-state index contributed by atoms with van der Waals surface area (Å²) in [5.41, 5.74) is 10.0. The third-order valence-electron chi connectivity index (χ3n) is 11.4. The fourth-order valence-corrected chi connectivity index (χ4v) is 8.84. The molecule has 0 saturated heterocycles. The minimum absolute atomic E-state index is 0.591. The molecule has 0 spiro atoms. The lowest BCUT2D eigenvalue weighted by atomic mass is 9.94. The highest BCUT2D eigenvalue weighted by Gasteiger charge is 2.22. The summed E-state index contributed by atoms with van der Waals surface area (Å²) in [5, 5.41) is 9.35. The van der Waals surface area contributed by atoms with Crippen molar-refractivity contribution >= 4 is 65.3 Å². The van der Waals surface area contributed by atoms with Crippen molar-refractivity contribution in [2.45, 2.75) is 0 Å². The van der Waals surface area contributed by atoms with Crippen LogP contribution in [0.15, 0.2) is 199 Å². The Morgan fingerprint density at radius 1 is 0.345 bits per heavy atom. The molecule has 0 aliphatic rings. The van der Waals surface area contributed by atoms with Gasteiger partial charge in [0.1, 0.15) is 11.2 Å². The van der Waals surface area contributed by atoms with Gasteiger partial charge in [0.25, 0.3) is 0 Å². The van der Waals surface area contributed by atoms with E-state index in [1.165, 1.54) is 43.4 Å². The minimum atomic E-state index is 0.591. The number of nitrogens with zero attached hydrogens (tertiary/aromatic N) is 4. The molecule has 9 aromatic carbocycles. The number of rotatable bonds is 5. The molecule has 0 unspecified atom stereocenters. The molecular formula is C53H32N4O. The van der Waals surface area contributed by atoms with Crippen LogP contribution in [0, 0.1) is 0 Å². The van der Waals surface area contributed by atoms with Crippen molar-refractivity contribution in [1.82, 2.24) is 19.5 Å². The van der Waals surface area contributed by atoms with Crippen molar-refractivity contribution in [3.8, 4) is 51.0 Å². The summed E-state index contributed by atoms with van der Waals surface area (Å²) in [4.78, 5) is 15.2. The topological polar surface area (TPSA) is 56.7 Å². The van der Waals surface area contributed by atoms with Crippen LogP contribution < -0.4 is 0 Å². The first-order chi connectivity index (χ1) is 28.8. The summed E-state index contributed by atoms with van der Waals surface area (Å²) in [6.45, 7) is 0. The van der Waals surface area contributed by atoms with E-state index in [2.05, 4.69) is 126 Å². The van der Waals surface area contributed by atoms with Gasteiger partial charge in [-0.15, -0.1) is 0 Å². The van der Waals surface area contributed by atoms with Gasteiger partial charge in [-0.1, -0.05) is 158 Å². The van der Waals surface area contributed by atoms with E-state index < -0.39 is 0 Å². The lowest BCUT2D eigenvalue weighted by Gasteiger charge is -2.12. The van der Waals surface area contributed by atoms with Crippen molar-refractivity contribution in [3.63, 3.8) is 0 Å². The Bertz CT molecular complexity index is 3500. The maximum Gasteiger partial charge on any atom is 0.164 e. The van der Waals surface area contributed by atoms with E-state index in [4.69, 9.17) is 19.4 Å². The van der Waals surface area contributed by atoms with Gasteiger partial charge in [-0.3, -0.25) is 0 Å². The molecule has 270 valence electrons. The summed E-state index contributed by atoms with van der Waals surface area (Å²) in [5.74, 6) is 1.83. The Hall–Kier alpha value is -7.89. The Morgan fingerprint density at radius 3 is 1.67 bits per heavy atom. The van der Waals surface area contributed by atoms with Gasteiger partial charge >= 0.3 is 0 Å².